The summed E-state index contributed by atoms with van der Waals surface area (Å²) in [7, 11) is 1.61. The number of carbonyl (C=O) groups is 2. The maximum absolute atomic E-state index is 13.1. The lowest BCUT2D eigenvalue weighted by Gasteiger charge is -2.41. The maximum atomic E-state index is 13.1. The van der Waals surface area contributed by atoms with Crippen LogP contribution in [-0.4, -0.2) is 25.5 Å². The van der Waals surface area contributed by atoms with Crippen LogP contribution in [0.1, 0.15) is 45.6 Å². The van der Waals surface area contributed by atoms with Gasteiger partial charge < -0.3 is 14.8 Å². The van der Waals surface area contributed by atoms with Crippen molar-refractivity contribution >= 4 is 11.8 Å². The summed E-state index contributed by atoms with van der Waals surface area (Å²) in [5, 5.41) is 3.31. The van der Waals surface area contributed by atoms with Gasteiger partial charge in [-0.05, 0) is 37.0 Å². The number of hydrogen-bond donors (Lipinski definition) is 1. The lowest BCUT2D eigenvalue weighted by atomic mass is 9.66. The number of allylic oxidation sites excluding steroid dienone is 3. The van der Waals surface area contributed by atoms with Crippen LogP contribution in [0.25, 0.3) is 0 Å². The largest absolute Gasteiger partial charge is 0.497 e. The van der Waals surface area contributed by atoms with Crippen LogP contribution in [0.3, 0.4) is 0 Å². The van der Waals surface area contributed by atoms with E-state index in [2.05, 4.69) is 25.2 Å². The highest BCUT2D eigenvalue weighted by Crippen LogP contribution is 2.47. The molecule has 1 aromatic rings. The smallest absolute Gasteiger partial charge is 0.336 e. The Hall–Kier alpha value is -2.56. The molecule has 1 aromatic carbocycles. The molecule has 2 unspecified atom stereocenters. The van der Waals surface area contributed by atoms with Gasteiger partial charge in [0.25, 0.3) is 0 Å². The van der Waals surface area contributed by atoms with Crippen LogP contribution in [0, 0.1) is 11.3 Å². The van der Waals surface area contributed by atoms with E-state index in [1.165, 1.54) is 0 Å². The number of hydrogen-bond acceptors (Lipinski definition) is 5. The molecule has 0 spiro atoms. The standard InChI is InChI=1S/C22H27NO4/c1-6-27-21(25)18-13(2)23-16-11-22(3,4)12-17(24)20(16)19(18)14-7-9-15(26-5)10-8-14/h7-11,19-20,23H,6,12H2,1-5H3. The Labute approximate surface area is 160 Å². The molecule has 5 heteroatoms. The molecule has 27 heavy (non-hydrogen) atoms. The third-order valence-corrected chi connectivity index (χ3v) is 5.21. The van der Waals surface area contributed by atoms with E-state index >= 15 is 0 Å². The summed E-state index contributed by atoms with van der Waals surface area (Å²) in [5.74, 6) is -0.279. The highest BCUT2D eigenvalue weighted by atomic mass is 16.5. The van der Waals surface area contributed by atoms with Crippen LogP contribution in [0.15, 0.2) is 47.3 Å². The van der Waals surface area contributed by atoms with Crippen molar-refractivity contribution in [3.63, 3.8) is 0 Å². The number of ketones is 1. The Morgan fingerprint density at radius 1 is 1.22 bits per heavy atom. The second-order valence-corrected chi connectivity index (χ2v) is 7.84. The summed E-state index contributed by atoms with van der Waals surface area (Å²) < 4.78 is 10.6. The lowest BCUT2D eigenvalue weighted by molar-refractivity contribution is -0.139. The average Bonchev–Trinajstić information content (AvgIpc) is 2.59. The van der Waals surface area contributed by atoms with Crippen LogP contribution >= 0.6 is 0 Å². The summed E-state index contributed by atoms with van der Waals surface area (Å²) >= 11 is 0. The molecule has 1 N–H and O–H groups in total. The summed E-state index contributed by atoms with van der Waals surface area (Å²) in [6, 6.07) is 7.56. The molecule has 3 rings (SSSR count). The summed E-state index contributed by atoms with van der Waals surface area (Å²) in [6.45, 7) is 8.05. The Bertz CT molecular complexity index is 817. The molecule has 0 aromatic heterocycles. The van der Waals surface area contributed by atoms with Gasteiger partial charge in [-0.1, -0.05) is 32.1 Å². The van der Waals surface area contributed by atoms with E-state index in [-0.39, 0.29) is 23.1 Å². The number of benzene rings is 1. The molecule has 2 aliphatic rings. The normalized spacial score (nSPS) is 23.9. The minimum Gasteiger partial charge on any atom is -0.497 e. The minimum atomic E-state index is -0.408. The van der Waals surface area contributed by atoms with Crippen molar-refractivity contribution in [2.24, 2.45) is 11.3 Å². The predicted octanol–water partition coefficient (Wildman–Crippen LogP) is 3.72. The van der Waals surface area contributed by atoms with Gasteiger partial charge in [0, 0.05) is 23.7 Å². The molecule has 0 saturated heterocycles. The summed E-state index contributed by atoms with van der Waals surface area (Å²) in [6.07, 6.45) is 2.58. The molecule has 0 bridgehead atoms. The molecule has 0 fully saturated rings. The second-order valence-electron chi connectivity index (χ2n) is 7.84. The fraction of sp³-hybridized carbons (Fsp3) is 0.455. The third-order valence-electron chi connectivity index (χ3n) is 5.21. The molecule has 2 atom stereocenters. The minimum absolute atomic E-state index is 0.139. The molecule has 1 heterocycles. The maximum Gasteiger partial charge on any atom is 0.336 e. The highest BCUT2D eigenvalue weighted by Gasteiger charge is 2.46. The zero-order valence-corrected chi connectivity index (χ0v) is 16.6. The number of esters is 1. The zero-order valence-electron chi connectivity index (χ0n) is 16.6. The topological polar surface area (TPSA) is 64.6 Å². The van der Waals surface area contributed by atoms with Gasteiger partial charge in [0.1, 0.15) is 11.5 Å². The van der Waals surface area contributed by atoms with Crippen molar-refractivity contribution in [3.8, 4) is 5.75 Å². The van der Waals surface area contributed by atoms with Crippen molar-refractivity contribution < 1.29 is 19.1 Å². The second kappa shape index (κ2) is 7.22. The number of rotatable bonds is 4. The van der Waals surface area contributed by atoms with Crippen molar-refractivity contribution in [2.45, 2.75) is 40.0 Å². The fourth-order valence-electron chi connectivity index (χ4n) is 4.12. The van der Waals surface area contributed by atoms with Crippen LogP contribution in [0.4, 0.5) is 0 Å². The van der Waals surface area contributed by atoms with Crippen molar-refractivity contribution in [1.29, 1.82) is 0 Å². The highest BCUT2D eigenvalue weighted by molar-refractivity contribution is 5.96. The van der Waals surface area contributed by atoms with Crippen molar-refractivity contribution in [3.05, 3.63) is 52.9 Å². The SMILES string of the molecule is CCOC(=O)C1=C(C)NC2=CC(C)(C)CC(=O)C2C1c1ccc(OC)cc1. The van der Waals surface area contributed by atoms with Gasteiger partial charge in [0.15, 0.2) is 0 Å². The van der Waals surface area contributed by atoms with E-state index in [9.17, 15) is 9.59 Å². The molecule has 0 amide bonds. The predicted molar refractivity (Wildman–Crippen MR) is 103 cm³/mol. The Balaban J connectivity index is 2.16. The van der Waals surface area contributed by atoms with E-state index in [1.54, 1.807) is 14.0 Å². The van der Waals surface area contributed by atoms with Crippen molar-refractivity contribution in [2.75, 3.05) is 13.7 Å². The number of fused-ring (bicyclic) bond motifs is 1. The fourth-order valence-corrected chi connectivity index (χ4v) is 4.12. The van der Waals surface area contributed by atoms with Crippen LogP contribution < -0.4 is 10.1 Å². The summed E-state index contributed by atoms with van der Waals surface area (Å²) in [5.41, 5.74) is 2.84. The average molecular weight is 369 g/mol. The van der Waals surface area contributed by atoms with Gasteiger partial charge in [-0.15, -0.1) is 0 Å². The van der Waals surface area contributed by atoms with Gasteiger partial charge in [0.05, 0.1) is 25.2 Å². The molecular weight excluding hydrogens is 342 g/mol. The number of ether oxygens (including phenoxy) is 2. The first-order valence-electron chi connectivity index (χ1n) is 9.31. The molecular formula is C22H27NO4. The molecule has 5 nitrogen and oxygen atoms in total. The molecule has 144 valence electrons. The Morgan fingerprint density at radius 2 is 1.89 bits per heavy atom. The number of methoxy groups -OCH3 is 1. The van der Waals surface area contributed by atoms with Gasteiger partial charge in [0.2, 0.25) is 0 Å². The van der Waals surface area contributed by atoms with E-state index in [4.69, 9.17) is 9.47 Å². The van der Waals surface area contributed by atoms with E-state index in [0.29, 0.717) is 18.6 Å². The van der Waals surface area contributed by atoms with Gasteiger partial charge in [-0.3, -0.25) is 4.79 Å². The van der Waals surface area contributed by atoms with Gasteiger partial charge in [-0.25, -0.2) is 4.79 Å². The van der Waals surface area contributed by atoms with Crippen LogP contribution in [0.2, 0.25) is 0 Å². The van der Waals surface area contributed by atoms with Crippen LogP contribution in [0.5, 0.6) is 5.75 Å². The monoisotopic (exact) mass is 369 g/mol. The van der Waals surface area contributed by atoms with Crippen LogP contribution in [-0.2, 0) is 14.3 Å². The van der Waals surface area contributed by atoms with Gasteiger partial charge in [-0.2, -0.15) is 0 Å². The number of carbonyl (C=O) groups excluding carboxylic acids is 2. The van der Waals surface area contributed by atoms with E-state index in [1.807, 2.05) is 31.2 Å². The molecule has 0 saturated carbocycles. The Kier molecular flexibility index (Phi) is 5.13. The summed E-state index contributed by atoms with van der Waals surface area (Å²) in [4.78, 5) is 25.9. The first kappa shape index (κ1) is 19.2. The first-order valence-corrected chi connectivity index (χ1v) is 9.31. The van der Waals surface area contributed by atoms with E-state index < -0.39 is 5.92 Å². The number of nitrogens with one attached hydrogen (secondary N) is 1. The number of Topliss-reactive ketones (excluding diaryl/α,β-unsaturated/α-hetero) is 1. The van der Waals surface area contributed by atoms with E-state index in [0.717, 1.165) is 22.7 Å². The molecule has 0 radical (unpaired) electrons. The first-order chi connectivity index (χ1) is 12.8. The van der Waals surface area contributed by atoms with Crippen molar-refractivity contribution in [1.82, 2.24) is 5.32 Å². The van der Waals surface area contributed by atoms with Gasteiger partial charge >= 0.3 is 5.97 Å². The zero-order chi connectivity index (χ0) is 19.8. The quantitative estimate of drug-likeness (QED) is 0.820. The third kappa shape index (κ3) is 3.64. The molecule has 1 aliphatic carbocycles. The Morgan fingerprint density at radius 3 is 2.48 bits per heavy atom. The molecule has 1 aliphatic heterocycles. The lowest BCUT2D eigenvalue weighted by Crippen LogP contribution is -2.43.